The van der Waals surface area contributed by atoms with Gasteiger partial charge >= 0.3 is 0 Å². The molecule has 4 rings (SSSR count). The first-order valence-electron chi connectivity index (χ1n) is 11.2. The topological polar surface area (TPSA) is 76.4 Å². The van der Waals surface area contributed by atoms with Crippen LogP contribution in [0, 0.1) is 13.8 Å². The summed E-state index contributed by atoms with van der Waals surface area (Å²) in [7, 11) is 0. The van der Waals surface area contributed by atoms with E-state index in [4.69, 9.17) is 4.74 Å². The molecule has 8 heteroatoms. The van der Waals surface area contributed by atoms with Crippen molar-refractivity contribution in [1.82, 2.24) is 24.6 Å². The Morgan fingerprint density at radius 3 is 2.38 bits per heavy atom. The summed E-state index contributed by atoms with van der Waals surface area (Å²) in [5.74, 6) is 2.46. The molecule has 1 amide bonds. The lowest BCUT2D eigenvalue weighted by atomic mass is 10.1. The Morgan fingerprint density at radius 1 is 1.00 bits per heavy atom. The number of aryl methyl sites for hydroxylation is 2. The van der Waals surface area contributed by atoms with Gasteiger partial charge in [0.05, 0.1) is 12.3 Å². The van der Waals surface area contributed by atoms with Crippen LogP contribution < -0.4 is 9.64 Å². The Morgan fingerprint density at radius 2 is 1.72 bits per heavy atom. The van der Waals surface area contributed by atoms with Gasteiger partial charge in [-0.3, -0.25) is 4.79 Å². The van der Waals surface area contributed by atoms with Gasteiger partial charge in [0.2, 0.25) is 0 Å². The molecule has 0 unspecified atom stereocenters. The maximum Gasteiger partial charge on any atom is 0.253 e. The van der Waals surface area contributed by atoms with E-state index in [2.05, 4.69) is 26.9 Å². The van der Waals surface area contributed by atoms with Gasteiger partial charge in [0.25, 0.3) is 5.91 Å². The summed E-state index contributed by atoms with van der Waals surface area (Å²) in [5.41, 5.74) is 2.68. The first kappa shape index (κ1) is 21.8. The predicted octanol–water partition coefficient (Wildman–Crippen LogP) is 3.42. The van der Waals surface area contributed by atoms with Crippen molar-refractivity contribution in [3.8, 4) is 11.6 Å². The van der Waals surface area contributed by atoms with Crippen molar-refractivity contribution >= 4 is 11.7 Å². The van der Waals surface area contributed by atoms with Crippen LogP contribution in [0.15, 0.2) is 42.7 Å². The highest BCUT2D eigenvalue weighted by Gasteiger charge is 2.23. The van der Waals surface area contributed by atoms with Gasteiger partial charge in [-0.1, -0.05) is 13.3 Å². The second-order valence-electron chi connectivity index (χ2n) is 8.08. The molecule has 0 atom stereocenters. The number of benzene rings is 1. The van der Waals surface area contributed by atoms with Crippen molar-refractivity contribution in [1.29, 1.82) is 0 Å². The van der Waals surface area contributed by atoms with Crippen LogP contribution in [0.2, 0.25) is 0 Å². The van der Waals surface area contributed by atoms with Crippen molar-refractivity contribution < 1.29 is 9.53 Å². The van der Waals surface area contributed by atoms with Crippen LogP contribution >= 0.6 is 0 Å². The molecule has 1 saturated heterocycles. The number of hydrogen-bond donors (Lipinski definition) is 0. The van der Waals surface area contributed by atoms with Gasteiger partial charge in [-0.05, 0) is 50.6 Å². The van der Waals surface area contributed by atoms with E-state index in [1.54, 1.807) is 6.33 Å². The number of nitrogens with zero attached hydrogens (tertiary/aromatic N) is 6. The smallest absolute Gasteiger partial charge is 0.253 e. The maximum absolute atomic E-state index is 12.9. The zero-order valence-corrected chi connectivity index (χ0v) is 19.0. The van der Waals surface area contributed by atoms with Crippen molar-refractivity contribution in [2.45, 2.75) is 33.6 Å². The van der Waals surface area contributed by atoms with E-state index in [1.807, 2.05) is 59.8 Å². The third kappa shape index (κ3) is 4.90. The molecule has 1 aliphatic heterocycles. The maximum atomic E-state index is 12.9. The molecule has 0 aliphatic carbocycles. The van der Waals surface area contributed by atoms with Gasteiger partial charge in [-0.25, -0.2) is 14.6 Å². The van der Waals surface area contributed by atoms with E-state index in [-0.39, 0.29) is 5.91 Å². The van der Waals surface area contributed by atoms with Crippen LogP contribution in [0.5, 0.6) is 5.75 Å². The Bertz CT molecular complexity index is 1050. The number of rotatable bonds is 7. The van der Waals surface area contributed by atoms with E-state index in [1.165, 1.54) is 0 Å². The minimum Gasteiger partial charge on any atom is -0.494 e. The molecule has 1 fully saturated rings. The minimum atomic E-state index is 0.0516. The molecule has 0 spiro atoms. The number of piperazine rings is 1. The van der Waals surface area contributed by atoms with Gasteiger partial charge in [-0.2, -0.15) is 5.10 Å². The Balaban J connectivity index is 1.36. The van der Waals surface area contributed by atoms with E-state index < -0.39 is 0 Å². The van der Waals surface area contributed by atoms with Crippen LogP contribution in [-0.2, 0) is 0 Å². The summed E-state index contributed by atoms with van der Waals surface area (Å²) in [6.45, 7) is 9.55. The van der Waals surface area contributed by atoms with Crippen molar-refractivity contribution in [3.63, 3.8) is 0 Å². The number of anilines is 1. The Labute approximate surface area is 188 Å². The molecule has 168 valence electrons. The summed E-state index contributed by atoms with van der Waals surface area (Å²) in [6.07, 6.45) is 3.70. The third-order valence-electron chi connectivity index (χ3n) is 5.62. The molecule has 0 bridgehead atoms. The van der Waals surface area contributed by atoms with E-state index in [0.29, 0.717) is 25.3 Å². The van der Waals surface area contributed by atoms with Gasteiger partial charge in [0, 0.05) is 43.5 Å². The van der Waals surface area contributed by atoms with E-state index >= 15 is 0 Å². The first-order chi connectivity index (χ1) is 15.5. The lowest BCUT2D eigenvalue weighted by molar-refractivity contribution is 0.0746. The fraction of sp³-hybridized carbons (Fsp3) is 0.417. The molecular formula is C24H30N6O2. The van der Waals surface area contributed by atoms with E-state index in [0.717, 1.165) is 54.7 Å². The van der Waals surface area contributed by atoms with Gasteiger partial charge in [-0.15, -0.1) is 0 Å². The summed E-state index contributed by atoms with van der Waals surface area (Å²) in [5, 5.41) is 4.51. The lowest BCUT2D eigenvalue weighted by Gasteiger charge is -2.35. The number of carbonyl (C=O) groups excluding carboxylic acids is 1. The minimum absolute atomic E-state index is 0.0516. The molecule has 0 saturated carbocycles. The largest absolute Gasteiger partial charge is 0.494 e. The number of carbonyl (C=O) groups is 1. The highest BCUT2D eigenvalue weighted by Crippen LogP contribution is 2.19. The molecule has 32 heavy (non-hydrogen) atoms. The highest BCUT2D eigenvalue weighted by atomic mass is 16.5. The van der Waals surface area contributed by atoms with Crippen LogP contribution in [-0.4, -0.2) is 63.3 Å². The average molecular weight is 435 g/mol. The molecule has 2 aromatic heterocycles. The summed E-state index contributed by atoms with van der Waals surface area (Å²) >= 11 is 0. The third-order valence-corrected chi connectivity index (χ3v) is 5.62. The summed E-state index contributed by atoms with van der Waals surface area (Å²) in [4.78, 5) is 25.8. The second-order valence-corrected chi connectivity index (χ2v) is 8.08. The monoisotopic (exact) mass is 434 g/mol. The Kier molecular flexibility index (Phi) is 6.68. The van der Waals surface area contributed by atoms with Crippen molar-refractivity contribution in [2.75, 3.05) is 37.7 Å². The number of aromatic nitrogens is 4. The lowest BCUT2D eigenvalue weighted by Crippen LogP contribution is -2.49. The van der Waals surface area contributed by atoms with Crippen LogP contribution in [0.3, 0.4) is 0 Å². The standard InChI is InChI=1S/C24H30N6O2/c1-4-5-14-32-21-8-6-20(7-9-21)24(31)29-12-10-28(11-13-29)22-16-23(26-17-25-22)30-19(3)15-18(2)27-30/h6-9,15-17H,4-5,10-14H2,1-3H3. The van der Waals surface area contributed by atoms with E-state index in [9.17, 15) is 4.79 Å². The van der Waals surface area contributed by atoms with Crippen LogP contribution in [0.1, 0.15) is 41.5 Å². The quantitative estimate of drug-likeness (QED) is 0.531. The van der Waals surface area contributed by atoms with Crippen molar-refractivity contribution in [3.05, 3.63) is 59.7 Å². The Hall–Kier alpha value is -3.42. The zero-order valence-electron chi connectivity index (χ0n) is 19.0. The number of amides is 1. The summed E-state index contributed by atoms with van der Waals surface area (Å²) in [6, 6.07) is 11.4. The molecule has 1 aromatic carbocycles. The number of unbranched alkanes of at least 4 members (excludes halogenated alkanes) is 1. The molecule has 1 aliphatic rings. The van der Waals surface area contributed by atoms with Gasteiger partial charge in [0.1, 0.15) is 17.9 Å². The fourth-order valence-electron chi connectivity index (χ4n) is 3.84. The summed E-state index contributed by atoms with van der Waals surface area (Å²) < 4.78 is 7.52. The molecule has 0 radical (unpaired) electrons. The van der Waals surface area contributed by atoms with Gasteiger partial charge < -0.3 is 14.5 Å². The fourth-order valence-corrected chi connectivity index (χ4v) is 3.84. The predicted molar refractivity (Wildman–Crippen MR) is 124 cm³/mol. The molecule has 8 nitrogen and oxygen atoms in total. The highest BCUT2D eigenvalue weighted by molar-refractivity contribution is 5.94. The molecule has 0 N–H and O–H groups in total. The molecular weight excluding hydrogens is 404 g/mol. The number of hydrogen-bond acceptors (Lipinski definition) is 6. The molecule has 3 heterocycles. The zero-order chi connectivity index (χ0) is 22.5. The average Bonchev–Trinajstić information content (AvgIpc) is 3.17. The normalized spacial score (nSPS) is 14.0. The first-order valence-corrected chi connectivity index (χ1v) is 11.2. The molecule has 3 aromatic rings. The van der Waals surface area contributed by atoms with Crippen LogP contribution in [0.25, 0.3) is 5.82 Å². The van der Waals surface area contributed by atoms with Gasteiger partial charge in [0.15, 0.2) is 5.82 Å². The SMILES string of the molecule is CCCCOc1ccc(C(=O)N2CCN(c3cc(-n4nc(C)cc4C)ncn3)CC2)cc1. The number of ether oxygens (including phenoxy) is 1. The van der Waals surface area contributed by atoms with Crippen LogP contribution in [0.4, 0.5) is 5.82 Å². The van der Waals surface area contributed by atoms with Crippen molar-refractivity contribution in [2.24, 2.45) is 0 Å². The second kappa shape index (κ2) is 9.80.